The van der Waals surface area contributed by atoms with Crippen molar-refractivity contribution in [3.05, 3.63) is 0 Å². The zero-order valence-corrected chi connectivity index (χ0v) is 9.89. The maximum absolute atomic E-state index is 8.52. The molecule has 0 amide bonds. The number of hydrogen-bond donors (Lipinski definition) is 1. The average molecular weight is 253 g/mol. The standard InChI is InChI=1S/C10H21BrO2/c11-7-3-1-5-9-13-10-6-2-4-8-12/h12H,1-10H2. The van der Waals surface area contributed by atoms with Gasteiger partial charge in [-0.2, -0.15) is 0 Å². The van der Waals surface area contributed by atoms with Crippen molar-refractivity contribution in [2.75, 3.05) is 25.2 Å². The molecule has 0 spiro atoms. The molecular weight excluding hydrogens is 232 g/mol. The van der Waals surface area contributed by atoms with E-state index in [1.54, 1.807) is 0 Å². The van der Waals surface area contributed by atoms with Crippen molar-refractivity contribution in [3.8, 4) is 0 Å². The molecule has 1 N–H and O–H groups in total. The summed E-state index contributed by atoms with van der Waals surface area (Å²) in [6, 6.07) is 0. The lowest BCUT2D eigenvalue weighted by Gasteiger charge is -2.02. The Morgan fingerprint density at radius 2 is 1.46 bits per heavy atom. The van der Waals surface area contributed by atoms with Crippen LogP contribution in [-0.2, 0) is 4.74 Å². The topological polar surface area (TPSA) is 29.5 Å². The Bertz CT molecular complexity index is 79.0. The SMILES string of the molecule is OCCCCCOCCCCCBr. The Labute approximate surface area is 89.8 Å². The van der Waals surface area contributed by atoms with Crippen LogP contribution in [-0.4, -0.2) is 30.3 Å². The molecule has 0 aliphatic carbocycles. The highest BCUT2D eigenvalue weighted by molar-refractivity contribution is 9.09. The van der Waals surface area contributed by atoms with Crippen molar-refractivity contribution in [1.29, 1.82) is 0 Å². The summed E-state index contributed by atoms with van der Waals surface area (Å²) in [5.74, 6) is 0. The number of rotatable bonds is 10. The van der Waals surface area contributed by atoms with Gasteiger partial charge < -0.3 is 9.84 Å². The van der Waals surface area contributed by atoms with Crippen LogP contribution in [0.5, 0.6) is 0 Å². The Morgan fingerprint density at radius 3 is 2.00 bits per heavy atom. The number of aliphatic hydroxyl groups excluding tert-OH is 1. The van der Waals surface area contributed by atoms with Gasteiger partial charge in [0.1, 0.15) is 0 Å². The molecule has 0 aromatic carbocycles. The van der Waals surface area contributed by atoms with Gasteiger partial charge in [0.25, 0.3) is 0 Å². The van der Waals surface area contributed by atoms with Crippen LogP contribution >= 0.6 is 15.9 Å². The number of hydrogen-bond acceptors (Lipinski definition) is 2. The van der Waals surface area contributed by atoms with Crippen LogP contribution in [0, 0.1) is 0 Å². The van der Waals surface area contributed by atoms with E-state index in [4.69, 9.17) is 9.84 Å². The van der Waals surface area contributed by atoms with Crippen LogP contribution in [0.1, 0.15) is 38.5 Å². The van der Waals surface area contributed by atoms with Crippen LogP contribution in [0.15, 0.2) is 0 Å². The number of unbranched alkanes of at least 4 members (excludes halogenated alkanes) is 4. The van der Waals surface area contributed by atoms with Gasteiger partial charge in [0.2, 0.25) is 0 Å². The van der Waals surface area contributed by atoms with Gasteiger partial charge >= 0.3 is 0 Å². The van der Waals surface area contributed by atoms with Crippen molar-refractivity contribution in [2.24, 2.45) is 0 Å². The van der Waals surface area contributed by atoms with E-state index in [9.17, 15) is 0 Å². The van der Waals surface area contributed by atoms with Crippen molar-refractivity contribution >= 4 is 15.9 Å². The number of halogens is 1. The third-order valence-corrected chi connectivity index (χ3v) is 2.43. The summed E-state index contributed by atoms with van der Waals surface area (Å²) in [6.07, 6.45) is 6.74. The summed E-state index contributed by atoms with van der Waals surface area (Å²) in [6.45, 7) is 2.06. The third-order valence-electron chi connectivity index (χ3n) is 1.87. The first kappa shape index (κ1) is 13.4. The van der Waals surface area contributed by atoms with E-state index >= 15 is 0 Å². The molecule has 3 heteroatoms. The molecule has 0 bridgehead atoms. The third kappa shape index (κ3) is 12.4. The van der Waals surface area contributed by atoms with Gasteiger partial charge in [-0.3, -0.25) is 0 Å². The van der Waals surface area contributed by atoms with Gasteiger partial charge in [-0.05, 0) is 32.1 Å². The molecule has 0 aromatic heterocycles. The molecule has 0 aliphatic heterocycles. The summed E-state index contributed by atoms with van der Waals surface area (Å²) in [7, 11) is 0. The first-order valence-corrected chi connectivity index (χ1v) is 6.28. The van der Waals surface area contributed by atoms with Crippen LogP contribution in [0.25, 0.3) is 0 Å². The minimum absolute atomic E-state index is 0.311. The number of ether oxygens (including phenoxy) is 1. The lowest BCUT2D eigenvalue weighted by Crippen LogP contribution is -1.97. The first-order chi connectivity index (χ1) is 6.41. The summed E-state index contributed by atoms with van der Waals surface area (Å²) >= 11 is 3.40. The fourth-order valence-corrected chi connectivity index (χ4v) is 1.47. The molecule has 13 heavy (non-hydrogen) atoms. The van der Waals surface area contributed by atoms with Crippen LogP contribution in [0.4, 0.5) is 0 Å². The van der Waals surface area contributed by atoms with E-state index in [-0.39, 0.29) is 0 Å². The zero-order valence-electron chi connectivity index (χ0n) is 8.30. The van der Waals surface area contributed by atoms with Crippen LogP contribution in [0.2, 0.25) is 0 Å². The molecule has 0 saturated heterocycles. The largest absolute Gasteiger partial charge is 0.396 e. The number of aliphatic hydroxyl groups is 1. The molecule has 0 fully saturated rings. The van der Waals surface area contributed by atoms with Crippen molar-refractivity contribution in [3.63, 3.8) is 0 Å². The molecule has 2 nitrogen and oxygen atoms in total. The molecule has 0 aliphatic rings. The first-order valence-electron chi connectivity index (χ1n) is 5.16. The smallest absolute Gasteiger partial charge is 0.0466 e. The second-order valence-electron chi connectivity index (χ2n) is 3.15. The van der Waals surface area contributed by atoms with Gasteiger partial charge in [0, 0.05) is 25.2 Å². The zero-order chi connectivity index (χ0) is 9.78. The predicted octanol–water partition coefficient (Wildman–Crippen LogP) is 2.73. The summed E-state index contributed by atoms with van der Waals surface area (Å²) in [4.78, 5) is 0. The summed E-state index contributed by atoms with van der Waals surface area (Å²) in [5, 5.41) is 9.62. The molecule has 0 rings (SSSR count). The fourth-order valence-electron chi connectivity index (χ4n) is 1.07. The highest BCUT2D eigenvalue weighted by Crippen LogP contribution is 2.00. The molecular formula is C10H21BrO2. The number of alkyl halides is 1. The lowest BCUT2D eigenvalue weighted by atomic mass is 10.2. The van der Waals surface area contributed by atoms with E-state index in [0.29, 0.717) is 6.61 Å². The molecule has 0 saturated carbocycles. The quantitative estimate of drug-likeness (QED) is 0.479. The van der Waals surface area contributed by atoms with Gasteiger partial charge in [0.05, 0.1) is 0 Å². The van der Waals surface area contributed by atoms with E-state index < -0.39 is 0 Å². The van der Waals surface area contributed by atoms with E-state index in [2.05, 4.69) is 15.9 Å². The van der Waals surface area contributed by atoms with E-state index in [1.807, 2.05) is 0 Å². The summed E-state index contributed by atoms with van der Waals surface area (Å²) < 4.78 is 5.43. The fraction of sp³-hybridized carbons (Fsp3) is 1.00. The minimum Gasteiger partial charge on any atom is -0.396 e. The van der Waals surface area contributed by atoms with Crippen molar-refractivity contribution in [1.82, 2.24) is 0 Å². The van der Waals surface area contributed by atoms with E-state index in [1.165, 1.54) is 19.3 Å². The molecule has 0 atom stereocenters. The second kappa shape index (κ2) is 12.4. The molecule has 0 heterocycles. The predicted molar refractivity (Wildman–Crippen MR) is 59.4 cm³/mol. The normalized spacial score (nSPS) is 10.6. The maximum Gasteiger partial charge on any atom is 0.0466 e. The summed E-state index contributed by atoms with van der Waals surface area (Å²) in [5.41, 5.74) is 0. The van der Waals surface area contributed by atoms with Gasteiger partial charge in [-0.25, -0.2) is 0 Å². The van der Waals surface area contributed by atoms with Gasteiger partial charge in [-0.15, -0.1) is 0 Å². The van der Waals surface area contributed by atoms with Gasteiger partial charge in [-0.1, -0.05) is 22.4 Å². The van der Waals surface area contributed by atoms with Crippen LogP contribution in [0.3, 0.4) is 0 Å². The average Bonchev–Trinajstić information content (AvgIpc) is 2.16. The molecule has 0 unspecified atom stereocenters. The highest BCUT2D eigenvalue weighted by Gasteiger charge is 1.90. The Hall–Kier alpha value is 0.400. The van der Waals surface area contributed by atoms with Crippen molar-refractivity contribution in [2.45, 2.75) is 38.5 Å². The Morgan fingerprint density at radius 1 is 0.846 bits per heavy atom. The maximum atomic E-state index is 8.52. The molecule has 0 radical (unpaired) electrons. The molecule has 0 aromatic rings. The van der Waals surface area contributed by atoms with E-state index in [0.717, 1.165) is 37.8 Å². The monoisotopic (exact) mass is 252 g/mol. The van der Waals surface area contributed by atoms with Crippen LogP contribution < -0.4 is 0 Å². The highest BCUT2D eigenvalue weighted by atomic mass is 79.9. The Balaban J connectivity index is 2.76. The lowest BCUT2D eigenvalue weighted by molar-refractivity contribution is 0.125. The van der Waals surface area contributed by atoms with Gasteiger partial charge in [0.15, 0.2) is 0 Å². The minimum atomic E-state index is 0.311. The second-order valence-corrected chi connectivity index (χ2v) is 3.94. The molecule has 80 valence electrons. The Kier molecular flexibility index (Phi) is 12.8. The van der Waals surface area contributed by atoms with Crippen molar-refractivity contribution < 1.29 is 9.84 Å².